The van der Waals surface area contributed by atoms with Crippen molar-refractivity contribution in [3.63, 3.8) is 0 Å². The number of benzene rings is 1. The van der Waals surface area contributed by atoms with Crippen LogP contribution in [0.5, 0.6) is 5.75 Å². The van der Waals surface area contributed by atoms with E-state index < -0.39 is 0 Å². The van der Waals surface area contributed by atoms with Crippen molar-refractivity contribution in [1.29, 1.82) is 0 Å². The molecule has 2 heterocycles. The van der Waals surface area contributed by atoms with Crippen LogP contribution in [0.1, 0.15) is 55.3 Å². The summed E-state index contributed by atoms with van der Waals surface area (Å²) >= 11 is 0. The van der Waals surface area contributed by atoms with E-state index >= 15 is 0 Å². The summed E-state index contributed by atoms with van der Waals surface area (Å²) in [6.07, 6.45) is 13.0. The van der Waals surface area contributed by atoms with Crippen molar-refractivity contribution >= 4 is 5.91 Å². The topological polar surface area (TPSA) is 32.8 Å². The molecular formula is C23H32N2O2. The Morgan fingerprint density at radius 2 is 1.78 bits per heavy atom. The zero-order chi connectivity index (χ0) is 18.5. The molecule has 27 heavy (non-hydrogen) atoms. The molecule has 1 unspecified atom stereocenters. The van der Waals surface area contributed by atoms with Crippen LogP contribution in [0.4, 0.5) is 0 Å². The zero-order valence-electron chi connectivity index (χ0n) is 16.3. The molecule has 2 fully saturated rings. The van der Waals surface area contributed by atoms with Gasteiger partial charge < -0.3 is 14.5 Å². The fourth-order valence-electron chi connectivity index (χ4n) is 4.61. The number of rotatable bonds is 5. The van der Waals surface area contributed by atoms with Crippen LogP contribution >= 0.6 is 0 Å². The molecule has 1 aromatic rings. The van der Waals surface area contributed by atoms with E-state index in [0.29, 0.717) is 0 Å². The Morgan fingerprint density at radius 3 is 2.52 bits per heavy atom. The lowest BCUT2D eigenvalue weighted by Crippen LogP contribution is -2.41. The number of hydrogen-bond acceptors (Lipinski definition) is 3. The number of nitrogens with zero attached hydrogens (tertiary/aromatic N) is 2. The number of ether oxygens (including phenoxy) is 1. The molecule has 1 amide bonds. The predicted molar refractivity (Wildman–Crippen MR) is 108 cm³/mol. The van der Waals surface area contributed by atoms with Crippen molar-refractivity contribution in [2.45, 2.75) is 51.0 Å². The molecule has 0 radical (unpaired) electrons. The van der Waals surface area contributed by atoms with E-state index in [2.05, 4.69) is 17.1 Å². The van der Waals surface area contributed by atoms with E-state index in [1.165, 1.54) is 25.8 Å². The summed E-state index contributed by atoms with van der Waals surface area (Å²) in [5.74, 6) is 1.72. The molecule has 0 N–H and O–H groups in total. The zero-order valence-corrected chi connectivity index (χ0v) is 16.3. The van der Waals surface area contributed by atoms with Gasteiger partial charge in [0.2, 0.25) is 0 Å². The summed E-state index contributed by atoms with van der Waals surface area (Å²) in [5.41, 5.74) is 0.732. The highest BCUT2D eigenvalue weighted by Crippen LogP contribution is 2.27. The molecule has 0 aromatic heterocycles. The third kappa shape index (κ3) is 4.73. The lowest BCUT2D eigenvalue weighted by atomic mass is 9.93. The van der Waals surface area contributed by atoms with E-state index in [9.17, 15) is 4.79 Å². The standard InChI is InChI=1S/C23H32N2O2/c26-23(25-14-6-7-15-25)21-10-4-5-11-22(21)27-20-12-16-24(17-13-20)18-19-8-2-1-3-9-19/h1-2,4-5,10-11,19-20H,3,6-9,12-18H2. The third-order valence-corrected chi connectivity index (χ3v) is 6.23. The van der Waals surface area contributed by atoms with Crippen LogP contribution in [-0.2, 0) is 0 Å². The van der Waals surface area contributed by atoms with Gasteiger partial charge in [-0.05, 0) is 63.0 Å². The molecule has 3 aliphatic rings. The molecule has 4 heteroatoms. The van der Waals surface area contributed by atoms with Gasteiger partial charge in [-0.1, -0.05) is 24.3 Å². The van der Waals surface area contributed by atoms with E-state index in [1.807, 2.05) is 29.2 Å². The molecule has 4 rings (SSSR count). The van der Waals surface area contributed by atoms with Gasteiger partial charge in [0.1, 0.15) is 11.9 Å². The maximum Gasteiger partial charge on any atom is 0.257 e. The summed E-state index contributed by atoms with van der Waals surface area (Å²) in [6, 6.07) is 7.80. The van der Waals surface area contributed by atoms with Crippen LogP contribution in [0.2, 0.25) is 0 Å². The predicted octanol–water partition coefficient (Wildman–Crippen LogP) is 4.12. The molecule has 2 aliphatic heterocycles. The van der Waals surface area contributed by atoms with Gasteiger partial charge in [-0.15, -0.1) is 0 Å². The fourth-order valence-corrected chi connectivity index (χ4v) is 4.61. The van der Waals surface area contributed by atoms with Crippen LogP contribution in [0.15, 0.2) is 36.4 Å². The molecule has 1 atom stereocenters. The molecule has 4 nitrogen and oxygen atoms in total. The molecule has 1 aliphatic carbocycles. The maximum absolute atomic E-state index is 12.8. The lowest BCUT2D eigenvalue weighted by Gasteiger charge is -2.35. The van der Waals surface area contributed by atoms with Gasteiger partial charge in [0.25, 0.3) is 5.91 Å². The molecule has 0 spiro atoms. The first kappa shape index (κ1) is 18.5. The highest BCUT2D eigenvalue weighted by atomic mass is 16.5. The second kappa shape index (κ2) is 8.92. The Kier molecular flexibility index (Phi) is 6.13. The van der Waals surface area contributed by atoms with Gasteiger partial charge in [-0.25, -0.2) is 0 Å². The van der Waals surface area contributed by atoms with E-state index in [1.54, 1.807) is 0 Å². The van der Waals surface area contributed by atoms with Crippen molar-refractivity contribution in [3.05, 3.63) is 42.0 Å². The molecule has 1 aromatic carbocycles. The largest absolute Gasteiger partial charge is 0.489 e. The third-order valence-electron chi connectivity index (χ3n) is 6.23. The smallest absolute Gasteiger partial charge is 0.257 e. The Labute approximate surface area is 163 Å². The Bertz CT molecular complexity index is 658. The van der Waals surface area contributed by atoms with E-state index in [4.69, 9.17) is 4.74 Å². The minimum atomic E-state index is 0.130. The second-order valence-corrected chi connectivity index (χ2v) is 8.26. The number of carbonyl (C=O) groups is 1. The van der Waals surface area contributed by atoms with Gasteiger partial charge in [-0.2, -0.15) is 0 Å². The molecule has 2 saturated heterocycles. The first-order chi connectivity index (χ1) is 13.3. The number of piperidine rings is 1. The van der Waals surface area contributed by atoms with E-state index in [-0.39, 0.29) is 12.0 Å². The highest BCUT2D eigenvalue weighted by Gasteiger charge is 2.26. The van der Waals surface area contributed by atoms with Gasteiger partial charge in [0, 0.05) is 32.7 Å². The van der Waals surface area contributed by atoms with Crippen molar-refractivity contribution in [2.75, 3.05) is 32.7 Å². The second-order valence-electron chi connectivity index (χ2n) is 8.26. The fraction of sp³-hybridized carbons (Fsp3) is 0.609. The normalized spacial score (nSPS) is 24.3. The van der Waals surface area contributed by atoms with Crippen LogP contribution < -0.4 is 4.74 Å². The Balaban J connectivity index is 1.31. The van der Waals surface area contributed by atoms with Gasteiger partial charge in [0.15, 0.2) is 0 Å². The monoisotopic (exact) mass is 368 g/mol. The summed E-state index contributed by atoms with van der Waals surface area (Å²) in [4.78, 5) is 17.4. The molecule has 0 bridgehead atoms. The number of hydrogen-bond donors (Lipinski definition) is 0. The average molecular weight is 369 g/mol. The summed E-state index contributed by atoms with van der Waals surface area (Å²) < 4.78 is 6.32. The van der Waals surface area contributed by atoms with Crippen molar-refractivity contribution in [1.82, 2.24) is 9.80 Å². The molecular weight excluding hydrogens is 336 g/mol. The van der Waals surface area contributed by atoms with Gasteiger partial charge in [-0.3, -0.25) is 4.79 Å². The molecule has 0 saturated carbocycles. The average Bonchev–Trinajstić information content (AvgIpc) is 3.25. The highest BCUT2D eigenvalue weighted by molar-refractivity contribution is 5.97. The Morgan fingerprint density at radius 1 is 1.00 bits per heavy atom. The van der Waals surface area contributed by atoms with Gasteiger partial charge >= 0.3 is 0 Å². The van der Waals surface area contributed by atoms with Crippen LogP contribution in [0.3, 0.4) is 0 Å². The van der Waals surface area contributed by atoms with Gasteiger partial charge in [0.05, 0.1) is 5.56 Å². The summed E-state index contributed by atoms with van der Waals surface area (Å²) in [6.45, 7) is 5.19. The first-order valence-electron chi connectivity index (χ1n) is 10.7. The van der Waals surface area contributed by atoms with Crippen LogP contribution in [0.25, 0.3) is 0 Å². The number of amides is 1. The number of likely N-dealkylation sites (tertiary alicyclic amines) is 2. The van der Waals surface area contributed by atoms with E-state index in [0.717, 1.165) is 69.1 Å². The quantitative estimate of drug-likeness (QED) is 0.733. The minimum absolute atomic E-state index is 0.130. The number of allylic oxidation sites excluding steroid dienone is 2. The van der Waals surface area contributed by atoms with Crippen molar-refractivity contribution in [3.8, 4) is 5.75 Å². The Hall–Kier alpha value is -1.81. The summed E-state index contributed by atoms with van der Waals surface area (Å²) in [7, 11) is 0. The number of carbonyl (C=O) groups excluding carboxylic acids is 1. The SMILES string of the molecule is O=C(c1ccccc1OC1CCN(CC2CC=CCC2)CC1)N1CCCC1. The van der Waals surface area contributed by atoms with Crippen LogP contribution in [-0.4, -0.2) is 54.5 Å². The minimum Gasteiger partial charge on any atom is -0.489 e. The maximum atomic E-state index is 12.8. The lowest BCUT2D eigenvalue weighted by molar-refractivity contribution is 0.0757. The van der Waals surface area contributed by atoms with Crippen molar-refractivity contribution < 1.29 is 9.53 Å². The number of para-hydroxylation sites is 1. The first-order valence-corrected chi connectivity index (χ1v) is 10.7. The summed E-state index contributed by atoms with van der Waals surface area (Å²) in [5, 5.41) is 0. The van der Waals surface area contributed by atoms with Crippen molar-refractivity contribution in [2.24, 2.45) is 5.92 Å². The van der Waals surface area contributed by atoms with Crippen LogP contribution in [0, 0.1) is 5.92 Å². The molecule has 146 valence electrons.